The number of alkyl halides is 1. The molecular formula is C10H11Cl2FN2. The summed E-state index contributed by atoms with van der Waals surface area (Å²) in [6.45, 7) is 0.808. The number of anilines is 1. The van der Waals surface area contributed by atoms with E-state index < -0.39 is 0 Å². The monoisotopic (exact) mass is 248 g/mol. The Morgan fingerprint density at radius 3 is 3.07 bits per heavy atom. The van der Waals surface area contributed by atoms with Gasteiger partial charge in [0.05, 0.1) is 5.02 Å². The van der Waals surface area contributed by atoms with Gasteiger partial charge in [-0.15, -0.1) is 11.6 Å². The quantitative estimate of drug-likeness (QED) is 0.749. The summed E-state index contributed by atoms with van der Waals surface area (Å²) in [5, 5.41) is 0.317. The van der Waals surface area contributed by atoms with E-state index in [9.17, 15) is 4.39 Å². The molecule has 1 unspecified atom stereocenters. The molecule has 0 amide bonds. The van der Waals surface area contributed by atoms with Gasteiger partial charge in [0.15, 0.2) is 11.6 Å². The lowest BCUT2D eigenvalue weighted by Gasteiger charge is -2.24. The Balaban J connectivity index is 2.28. The predicted molar refractivity (Wildman–Crippen MR) is 60.3 cm³/mol. The summed E-state index contributed by atoms with van der Waals surface area (Å²) in [4.78, 5) is 5.93. The molecule has 1 fully saturated rings. The first kappa shape index (κ1) is 11.0. The molecule has 0 bridgehead atoms. The first-order valence-corrected chi connectivity index (χ1v) is 5.77. The number of hydrogen-bond donors (Lipinski definition) is 0. The molecule has 82 valence electrons. The average Bonchev–Trinajstić information content (AvgIpc) is 2.65. The first-order valence-electron chi connectivity index (χ1n) is 4.86. The summed E-state index contributed by atoms with van der Waals surface area (Å²) in [6.07, 6.45) is 3.48. The molecule has 0 saturated carbocycles. The lowest BCUT2D eigenvalue weighted by molar-refractivity contribution is 0.605. The highest BCUT2D eigenvalue weighted by atomic mass is 35.5. The third-order valence-electron chi connectivity index (χ3n) is 2.62. The van der Waals surface area contributed by atoms with E-state index in [1.807, 2.05) is 4.90 Å². The molecule has 2 heterocycles. The minimum absolute atomic E-state index is 0.190. The predicted octanol–water partition coefficient (Wildman–Crippen LogP) is 3.08. The zero-order valence-electron chi connectivity index (χ0n) is 8.09. The van der Waals surface area contributed by atoms with Crippen LogP contribution in [0.15, 0.2) is 12.3 Å². The van der Waals surface area contributed by atoms with Crippen LogP contribution in [0.5, 0.6) is 0 Å². The third kappa shape index (κ3) is 2.18. The van der Waals surface area contributed by atoms with E-state index in [2.05, 4.69) is 4.98 Å². The molecule has 0 aliphatic carbocycles. The van der Waals surface area contributed by atoms with Gasteiger partial charge in [-0.2, -0.15) is 0 Å². The maximum atomic E-state index is 13.6. The van der Waals surface area contributed by atoms with Gasteiger partial charge in [-0.25, -0.2) is 9.37 Å². The Morgan fingerprint density at radius 1 is 1.60 bits per heavy atom. The van der Waals surface area contributed by atoms with Gasteiger partial charge < -0.3 is 4.90 Å². The highest BCUT2D eigenvalue weighted by Gasteiger charge is 2.26. The molecule has 2 rings (SSSR count). The molecule has 1 aromatic rings. The van der Waals surface area contributed by atoms with Crippen molar-refractivity contribution < 1.29 is 4.39 Å². The van der Waals surface area contributed by atoms with Crippen molar-refractivity contribution in [2.45, 2.75) is 18.9 Å². The second-order valence-electron chi connectivity index (χ2n) is 3.60. The highest BCUT2D eigenvalue weighted by Crippen LogP contribution is 2.27. The van der Waals surface area contributed by atoms with E-state index in [1.165, 1.54) is 12.3 Å². The molecular weight excluding hydrogens is 238 g/mol. The van der Waals surface area contributed by atoms with Crippen LogP contribution < -0.4 is 4.90 Å². The van der Waals surface area contributed by atoms with E-state index in [-0.39, 0.29) is 11.9 Å². The van der Waals surface area contributed by atoms with E-state index in [0.29, 0.717) is 16.7 Å². The molecule has 0 radical (unpaired) electrons. The van der Waals surface area contributed by atoms with Gasteiger partial charge in [-0.05, 0) is 18.9 Å². The fourth-order valence-corrected chi connectivity index (χ4v) is 2.36. The summed E-state index contributed by atoms with van der Waals surface area (Å²) in [6, 6.07) is 1.47. The van der Waals surface area contributed by atoms with Gasteiger partial charge in [0, 0.05) is 24.7 Å². The number of pyridine rings is 1. The van der Waals surface area contributed by atoms with E-state index >= 15 is 0 Å². The number of hydrogen-bond acceptors (Lipinski definition) is 2. The minimum atomic E-state index is -0.375. The van der Waals surface area contributed by atoms with Crippen molar-refractivity contribution in [2.24, 2.45) is 0 Å². The molecule has 1 aromatic heterocycles. The van der Waals surface area contributed by atoms with E-state index in [1.54, 1.807) is 0 Å². The standard InChI is InChI=1S/C10H11Cl2FN2/c11-5-8-2-1-3-15(8)10-9(13)4-7(12)6-14-10/h4,6,8H,1-3,5H2. The Morgan fingerprint density at radius 2 is 2.40 bits per heavy atom. The normalized spacial score (nSPS) is 21.0. The topological polar surface area (TPSA) is 16.1 Å². The molecule has 1 aliphatic rings. The van der Waals surface area contributed by atoms with Crippen molar-refractivity contribution in [1.82, 2.24) is 4.98 Å². The van der Waals surface area contributed by atoms with Crippen LogP contribution >= 0.6 is 23.2 Å². The van der Waals surface area contributed by atoms with Crippen LogP contribution in [0.2, 0.25) is 5.02 Å². The van der Waals surface area contributed by atoms with Crippen molar-refractivity contribution in [3.8, 4) is 0 Å². The van der Waals surface area contributed by atoms with Crippen molar-refractivity contribution in [3.05, 3.63) is 23.1 Å². The van der Waals surface area contributed by atoms with E-state index in [0.717, 1.165) is 19.4 Å². The molecule has 2 nitrogen and oxygen atoms in total. The lowest BCUT2D eigenvalue weighted by Crippen LogP contribution is -2.31. The Kier molecular flexibility index (Phi) is 3.32. The van der Waals surface area contributed by atoms with Gasteiger partial charge in [0.2, 0.25) is 0 Å². The SMILES string of the molecule is Fc1cc(Cl)cnc1N1CCCC1CCl. The Bertz CT molecular complexity index is 359. The Labute approximate surface area is 98.0 Å². The average molecular weight is 249 g/mol. The fourth-order valence-electron chi connectivity index (χ4n) is 1.89. The van der Waals surface area contributed by atoms with Gasteiger partial charge >= 0.3 is 0 Å². The van der Waals surface area contributed by atoms with Gasteiger partial charge in [0.1, 0.15) is 0 Å². The summed E-state index contributed by atoms with van der Waals surface area (Å²) in [5.41, 5.74) is 0. The van der Waals surface area contributed by atoms with Crippen molar-refractivity contribution in [2.75, 3.05) is 17.3 Å². The summed E-state index contributed by atoms with van der Waals surface area (Å²) in [5.74, 6) is 0.492. The summed E-state index contributed by atoms with van der Waals surface area (Å²) < 4.78 is 13.6. The molecule has 5 heteroatoms. The zero-order chi connectivity index (χ0) is 10.8. The molecule has 1 atom stereocenters. The van der Waals surface area contributed by atoms with Gasteiger partial charge in [0.25, 0.3) is 0 Å². The van der Waals surface area contributed by atoms with E-state index in [4.69, 9.17) is 23.2 Å². The second-order valence-corrected chi connectivity index (χ2v) is 4.35. The maximum Gasteiger partial charge on any atom is 0.167 e. The van der Waals surface area contributed by atoms with Crippen LogP contribution in [0.3, 0.4) is 0 Å². The van der Waals surface area contributed by atoms with Gasteiger partial charge in [-0.1, -0.05) is 11.6 Å². The van der Waals surface area contributed by atoms with Crippen LogP contribution in [-0.2, 0) is 0 Å². The fraction of sp³-hybridized carbons (Fsp3) is 0.500. The molecule has 0 spiro atoms. The molecule has 1 aliphatic heterocycles. The molecule has 0 aromatic carbocycles. The molecule has 1 saturated heterocycles. The maximum absolute atomic E-state index is 13.6. The van der Waals surface area contributed by atoms with Crippen molar-refractivity contribution in [1.29, 1.82) is 0 Å². The van der Waals surface area contributed by atoms with Gasteiger partial charge in [-0.3, -0.25) is 0 Å². The number of halogens is 3. The minimum Gasteiger partial charge on any atom is -0.350 e. The zero-order valence-corrected chi connectivity index (χ0v) is 9.60. The van der Waals surface area contributed by atoms with Crippen LogP contribution in [0.1, 0.15) is 12.8 Å². The van der Waals surface area contributed by atoms with Crippen LogP contribution in [-0.4, -0.2) is 23.5 Å². The number of nitrogens with zero attached hydrogens (tertiary/aromatic N) is 2. The first-order chi connectivity index (χ1) is 7.22. The summed E-state index contributed by atoms with van der Waals surface area (Å²) >= 11 is 11.5. The number of rotatable bonds is 2. The molecule has 15 heavy (non-hydrogen) atoms. The molecule has 0 N–H and O–H groups in total. The smallest absolute Gasteiger partial charge is 0.167 e. The number of aromatic nitrogens is 1. The second kappa shape index (κ2) is 4.54. The van der Waals surface area contributed by atoms with Crippen molar-refractivity contribution >= 4 is 29.0 Å². The van der Waals surface area contributed by atoms with Crippen LogP contribution in [0.25, 0.3) is 0 Å². The van der Waals surface area contributed by atoms with Crippen LogP contribution in [0.4, 0.5) is 10.2 Å². The largest absolute Gasteiger partial charge is 0.350 e. The highest BCUT2D eigenvalue weighted by molar-refractivity contribution is 6.30. The summed E-state index contributed by atoms with van der Waals surface area (Å²) in [7, 11) is 0. The van der Waals surface area contributed by atoms with Crippen molar-refractivity contribution in [3.63, 3.8) is 0 Å². The van der Waals surface area contributed by atoms with Crippen LogP contribution in [0, 0.1) is 5.82 Å². The lowest BCUT2D eigenvalue weighted by atomic mass is 10.2. The Hall–Kier alpha value is -0.540. The third-order valence-corrected chi connectivity index (χ3v) is 3.18.